The normalized spacial score (nSPS) is 11.1. The largest absolute Gasteiger partial charge is 0.467 e. The second-order valence-electron chi connectivity index (χ2n) is 6.15. The number of nitrogens with zero attached hydrogens (tertiary/aromatic N) is 2. The summed E-state index contributed by atoms with van der Waals surface area (Å²) in [6.07, 6.45) is 2.05. The Bertz CT molecular complexity index is 1150. The fraction of sp³-hybridized carbons (Fsp3) is 0.143. The van der Waals surface area contributed by atoms with E-state index >= 15 is 0 Å². The van der Waals surface area contributed by atoms with E-state index in [-0.39, 0.29) is 0 Å². The van der Waals surface area contributed by atoms with Gasteiger partial charge in [0.2, 0.25) is 11.4 Å². The summed E-state index contributed by atoms with van der Waals surface area (Å²) < 4.78 is 8.20. The van der Waals surface area contributed by atoms with Gasteiger partial charge in [-0.2, -0.15) is 0 Å². The van der Waals surface area contributed by atoms with Crippen LogP contribution in [0, 0.1) is 20.4 Å². The Hall–Kier alpha value is -3.12. The van der Waals surface area contributed by atoms with E-state index in [9.17, 15) is 0 Å². The number of hydrogen-bond acceptors (Lipinski definition) is 1. The molecule has 0 fully saturated rings. The predicted molar refractivity (Wildman–Crippen MR) is 96.1 cm³/mol. The molecule has 0 spiro atoms. The molecular formula is C21H17N2O+. The first kappa shape index (κ1) is 14.5. The second-order valence-corrected chi connectivity index (χ2v) is 6.15. The molecule has 0 saturated carbocycles. The molecule has 3 nitrogen and oxygen atoms in total. The van der Waals surface area contributed by atoms with Gasteiger partial charge in [-0.15, -0.1) is 0 Å². The van der Waals surface area contributed by atoms with Crippen molar-refractivity contribution in [2.45, 2.75) is 13.8 Å². The van der Waals surface area contributed by atoms with Crippen molar-refractivity contribution >= 4 is 27.6 Å². The molecule has 0 aliphatic heterocycles. The van der Waals surface area contributed by atoms with Crippen molar-refractivity contribution in [2.24, 2.45) is 7.05 Å². The maximum atomic E-state index is 7.50. The minimum atomic E-state index is 0.602. The fourth-order valence-electron chi connectivity index (χ4n) is 3.37. The molecule has 0 radical (unpaired) electrons. The molecule has 4 rings (SSSR count). The van der Waals surface area contributed by atoms with Crippen LogP contribution in [0.2, 0.25) is 0 Å². The maximum absolute atomic E-state index is 7.50. The Balaban J connectivity index is 2.23. The van der Waals surface area contributed by atoms with Gasteiger partial charge in [-0.05, 0) is 37.1 Å². The monoisotopic (exact) mass is 313 g/mol. The number of rotatable bonds is 1. The number of pyridine rings is 1. The van der Waals surface area contributed by atoms with E-state index in [1.54, 1.807) is 0 Å². The van der Waals surface area contributed by atoms with Crippen LogP contribution in [-0.4, -0.2) is 0 Å². The first-order chi connectivity index (χ1) is 11.6. The maximum Gasteiger partial charge on any atom is 0.232 e. The number of aromatic nitrogens is 1. The van der Waals surface area contributed by atoms with Crippen LogP contribution >= 0.6 is 0 Å². The number of aryl methyl sites for hydroxylation is 3. The van der Waals surface area contributed by atoms with Crippen LogP contribution in [0.15, 0.2) is 53.1 Å². The molecule has 0 amide bonds. The van der Waals surface area contributed by atoms with Crippen molar-refractivity contribution in [1.82, 2.24) is 0 Å². The SMILES string of the molecule is [C-]#[N+]c1c(C)ccc2c1oc1ccc(C)c(-c3cccc[n+]3C)c12. The van der Waals surface area contributed by atoms with Crippen molar-refractivity contribution in [1.29, 1.82) is 0 Å². The van der Waals surface area contributed by atoms with Gasteiger partial charge < -0.3 is 4.42 Å². The highest BCUT2D eigenvalue weighted by molar-refractivity contribution is 6.15. The van der Waals surface area contributed by atoms with E-state index in [0.717, 1.165) is 33.2 Å². The van der Waals surface area contributed by atoms with Gasteiger partial charge in [-0.25, -0.2) is 9.41 Å². The second kappa shape index (κ2) is 5.21. The average Bonchev–Trinajstić information content (AvgIpc) is 2.94. The van der Waals surface area contributed by atoms with Gasteiger partial charge in [0.25, 0.3) is 0 Å². The van der Waals surface area contributed by atoms with Crippen LogP contribution in [0.25, 0.3) is 38.0 Å². The Morgan fingerprint density at radius 3 is 2.54 bits per heavy atom. The van der Waals surface area contributed by atoms with E-state index < -0.39 is 0 Å². The van der Waals surface area contributed by atoms with Crippen molar-refractivity contribution in [3.05, 3.63) is 71.2 Å². The summed E-state index contributed by atoms with van der Waals surface area (Å²) in [5, 5.41) is 2.08. The quantitative estimate of drug-likeness (QED) is 0.347. The summed E-state index contributed by atoms with van der Waals surface area (Å²) in [7, 11) is 2.05. The molecule has 0 unspecified atom stereocenters. The van der Waals surface area contributed by atoms with Gasteiger partial charge >= 0.3 is 0 Å². The summed E-state index contributed by atoms with van der Waals surface area (Å²) in [4.78, 5) is 3.69. The molecule has 0 aliphatic rings. The molecule has 0 aliphatic carbocycles. The summed E-state index contributed by atoms with van der Waals surface area (Å²) in [5.41, 5.74) is 6.54. The summed E-state index contributed by atoms with van der Waals surface area (Å²) in [6, 6.07) is 14.3. The van der Waals surface area contributed by atoms with Gasteiger partial charge in [-0.1, -0.05) is 18.2 Å². The van der Waals surface area contributed by atoms with Gasteiger partial charge in [0.1, 0.15) is 18.2 Å². The molecule has 116 valence electrons. The Morgan fingerprint density at radius 1 is 1.00 bits per heavy atom. The van der Waals surface area contributed by atoms with Crippen LogP contribution in [-0.2, 0) is 7.05 Å². The van der Waals surface area contributed by atoms with Gasteiger partial charge in [-0.3, -0.25) is 0 Å². The number of fused-ring (bicyclic) bond motifs is 3. The molecule has 2 aromatic heterocycles. The molecule has 3 heteroatoms. The van der Waals surface area contributed by atoms with E-state index in [2.05, 4.69) is 34.5 Å². The highest BCUT2D eigenvalue weighted by Crippen LogP contribution is 2.41. The topological polar surface area (TPSA) is 21.4 Å². The standard InChI is InChI=1S/C21H17N2O/c1-13-9-11-17-19(18(13)16-7-5-6-12-23(16)4)15-10-8-14(2)20(22-3)21(15)24-17/h5-12H,1-2,4H3/q+1. The minimum absolute atomic E-state index is 0.602. The lowest BCUT2D eigenvalue weighted by molar-refractivity contribution is -0.660. The highest BCUT2D eigenvalue weighted by Gasteiger charge is 2.21. The Kier molecular flexibility index (Phi) is 3.14. The van der Waals surface area contributed by atoms with E-state index in [0.29, 0.717) is 11.3 Å². The van der Waals surface area contributed by atoms with Crippen LogP contribution in [0.4, 0.5) is 5.69 Å². The molecule has 0 bridgehead atoms. The third-order valence-corrected chi connectivity index (χ3v) is 4.61. The van der Waals surface area contributed by atoms with Crippen molar-refractivity contribution in [2.75, 3.05) is 0 Å². The van der Waals surface area contributed by atoms with Gasteiger partial charge in [0, 0.05) is 22.9 Å². The molecular weight excluding hydrogens is 296 g/mol. The van der Waals surface area contributed by atoms with Crippen molar-refractivity contribution in [3.8, 4) is 11.3 Å². The molecule has 24 heavy (non-hydrogen) atoms. The minimum Gasteiger partial charge on any atom is -0.467 e. The molecule has 0 N–H and O–H groups in total. The lowest BCUT2D eigenvalue weighted by atomic mass is 9.97. The van der Waals surface area contributed by atoms with Gasteiger partial charge in [0.05, 0.1) is 12.1 Å². The smallest absolute Gasteiger partial charge is 0.232 e. The van der Waals surface area contributed by atoms with Gasteiger partial charge in [0.15, 0.2) is 6.20 Å². The zero-order valence-electron chi connectivity index (χ0n) is 13.9. The van der Waals surface area contributed by atoms with Crippen molar-refractivity contribution < 1.29 is 8.98 Å². The van der Waals surface area contributed by atoms with E-state index in [4.69, 9.17) is 11.0 Å². The fourth-order valence-corrected chi connectivity index (χ4v) is 3.37. The van der Waals surface area contributed by atoms with Crippen LogP contribution < -0.4 is 4.57 Å². The van der Waals surface area contributed by atoms with Crippen molar-refractivity contribution in [3.63, 3.8) is 0 Å². The molecule has 2 aromatic carbocycles. The number of benzene rings is 2. The van der Waals surface area contributed by atoms with E-state index in [1.165, 1.54) is 5.56 Å². The zero-order valence-corrected chi connectivity index (χ0v) is 13.9. The number of furan rings is 1. The summed E-state index contributed by atoms with van der Waals surface area (Å²) in [5.74, 6) is 0. The summed E-state index contributed by atoms with van der Waals surface area (Å²) in [6.45, 7) is 11.6. The number of hydrogen-bond donors (Lipinski definition) is 0. The average molecular weight is 313 g/mol. The van der Waals surface area contributed by atoms with Crippen LogP contribution in [0.3, 0.4) is 0 Å². The molecule has 0 saturated heterocycles. The zero-order chi connectivity index (χ0) is 16.8. The Labute approximate surface area is 140 Å². The highest BCUT2D eigenvalue weighted by atomic mass is 16.3. The lowest BCUT2D eigenvalue weighted by Crippen LogP contribution is -2.30. The molecule has 2 heterocycles. The van der Waals surface area contributed by atoms with Crippen LogP contribution in [0.1, 0.15) is 11.1 Å². The first-order valence-electron chi connectivity index (χ1n) is 7.89. The predicted octanol–water partition coefficient (Wildman–Crippen LogP) is 5.25. The lowest BCUT2D eigenvalue weighted by Gasteiger charge is -2.06. The first-order valence-corrected chi connectivity index (χ1v) is 7.89. The third-order valence-electron chi connectivity index (χ3n) is 4.61. The summed E-state index contributed by atoms with van der Waals surface area (Å²) >= 11 is 0. The molecule has 4 aromatic rings. The molecule has 0 atom stereocenters. The third kappa shape index (κ3) is 1.93. The van der Waals surface area contributed by atoms with E-state index in [1.807, 2.05) is 44.4 Å². The van der Waals surface area contributed by atoms with Crippen LogP contribution in [0.5, 0.6) is 0 Å². The Morgan fingerprint density at radius 2 is 1.79 bits per heavy atom.